The van der Waals surface area contributed by atoms with E-state index in [1.165, 1.54) is 29.8 Å². The Balaban J connectivity index is 1.83. The largest absolute Gasteiger partial charge is 0.472 e. The molecule has 0 saturated carbocycles. The third-order valence-electron chi connectivity index (χ3n) is 3.61. The molecule has 102 valence electrons. The molecule has 1 aliphatic rings. The number of furan rings is 1. The maximum Gasteiger partial charge on any atom is 0.127 e. The van der Waals surface area contributed by atoms with E-state index < -0.39 is 0 Å². The lowest BCUT2D eigenvalue weighted by molar-refractivity contribution is 0.475. The summed E-state index contributed by atoms with van der Waals surface area (Å²) in [5.74, 6) is 0.572. The highest BCUT2D eigenvalue weighted by molar-refractivity contribution is 7.15. The molecular weight excluding hydrogens is 256 g/mol. The van der Waals surface area contributed by atoms with Crippen molar-refractivity contribution in [3.05, 3.63) is 29.2 Å². The second-order valence-corrected chi connectivity index (χ2v) is 6.58. The Morgan fingerprint density at radius 1 is 1.53 bits per heavy atom. The Morgan fingerprint density at radius 2 is 2.42 bits per heavy atom. The van der Waals surface area contributed by atoms with Crippen molar-refractivity contribution >= 4 is 11.3 Å². The Bertz CT molecular complexity index is 530. The Morgan fingerprint density at radius 3 is 3.16 bits per heavy atom. The summed E-state index contributed by atoms with van der Waals surface area (Å²) < 4.78 is 5.16. The zero-order chi connectivity index (χ0) is 13.2. The summed E-state index contributed by atoms with van der Waals surface area (Å²) in [7, 11) is 0. The first-order chi connectivity index (χ1) is 9.24. The highest BCUT2D eigenvalue weighted by Crippen LogP contribution is 2.38. The van der Waals surface area contributed by atoms with Crippen LogP contribution in [0.3, 0.4) is 0 Å². The minimum Gasteiger partial charge on any atom is -0.472 e. The fraction of sp³-hybridized carbons (Fsp3) is 0.533. The fourth-order valence-corrected chi connectivity index (χ4v) is 3.77. The first kappa shape index (κ1) is 12.9. The van der Waals surface area contributed by atoms with Gasteiger partial charge in [-0.25, -0.2) is 4.98 Å². The van der Waals surface area contributed by atoms with Crippen LogP contribution in [-0.4, -0.2) is 17.6 Å². The minimum atomic E-state index is 0.539. The molecule has 1 N–H and O–H groups in total. The number of hydrogen-bond donors (Lipinski definition) is 1. The van der Waals surface area contributed by atoms with Crippen LogP contribution in [0.2, 0.25) is 0 Å². The normalized spacial score (nSPS) is 18.8. The van der Waals surface area contributed by atoms with Gasteiger partial charge in [0.1, 0.15) is 11.3 Å². The van der Waals surface area contributed by atoms with Gasteiger partial charge in [-0.1, -0.05) is 13.8 Å². The number of nitrogens with zero attached hydrogens (tertiary/aromatic N) is 1. The van der Waals surface area contributed by atoms with E-state index in [9.17, 15) is 0 Å². The van der Waals surface area contributed by atoms with E-state index in [1.807, 2.05) is 17.4 Å². The second-order valence-electron chi connectivity index (χ2n) is 5.49. The number of aryl methyl sites for hydroxylation is 1. The molecule has 1 aliphatic carbocycles. The molecule has 0 aromatic carbocycles. The van der Waals surface area contributed by atoms with Crippen molar-refractivity contribution in [3.8, 4) is 10.6 Å². The van der Waals surface area contributed by atoms with Gasteiger partial charge in [-0.05, 0) is 25.3 Å². The first-order valence-electron chi connectivity index (χ1n) is 6.99. The first-order valence-corrected chi connectivity index (χ1v) is 7.81. The molecule has 0 amide bonds. The molecule has 0 aliphatic heterocycles. The van der Waals surface area contributed by atoms with E-state index in [0.29, 0.717) is 12.0 Å². The lowest BCUT2D eigenvalue weighted by Crippen LogP contribution is -2.29. The zero-order valence-corrected chi connectivity index (χ0v) is 12.3. The maximum absolute atomic E-state index is 5.16. The predicted molar refractivity (Wildman–Crippen MR) is 78.6 cm³/mol. The molecule has 1 atom stereocenters. The molecule has 3 rings (SSSR count). The molecule has 0 saturated heterocycles. The van der Waals surface area contributed by atoms with Gasteiger partial charge in [0.05, 0.1) is 12.0 Å². The summed E-state index contributed by atoms with van der Waals surface area (Å²) in [6, 6.07) is 2.53. The smallest absolute Gasteiger partial charge is 0.127 e. The quantitative estimate of drug-likeness (QED) is 0.922. The van der Waals surface area contributed by atoms with Crippen molar-refractivity contribution in [2.45, 2.75) is 45.1 Å². The average Bonchev–Trinajstić information content (AvgIpc) is 3.04. The Labute approximate surface area is 118 Å². The summed E-state index contributed by atoms with van der Waals surface area (Å²) in [5, 5.41) is 4.65. The molecule has 2 aromatic rings. The molecule has 0 fully saturated rings. The van der Waals surface area contributed by atoms with Crippen LogP contribution in [0, 0.1) is 0 Å². The Kier molecular flexibility index (Phi) is 3.71. The van der Waals surface area contributed by atoms with Gasteiger partial charge >= 0.3 is 0 Å². The van der Waals surface area contributed by atoms with Crippen LogP contribution in [0.1, 0.15) is 43.2 Å². The molecule has 0 bridgehead atoms. The molecular formula is C15H20N2OS. The van der Waals surface area contributed by atoms with E-state index >= 15 is 0 Å². The van der Waals surface area contributed by atoms with Crippen LogP contribution >= 0.6 is 11.3 Å². The van der Waals surface area contributed by atoms with E-state index in [-0.39, 0.29) is 0 Å². The summed E-state index contributed by atoms with van der Waals surface area (Å²) in [4.78, 5) is 6.34. The van der Waals surface area contributed by atoms with E-state index in [1.54, 1.807) is 12.5 Å². The molecule has 0 radical (unpaired) electrons. The van der Waals surface area contributed by atoms with E-state index in [4.69, 9.17) is 9.40 Å². The minimum absolute atomic E-state index is 0.539. The van der Waals surface area contributed by atoms with Gasteiger partial charge in [-0.3, -0.25) is 0 Å². The maximum atomic E-state index is 5.16. The van der Waals surface area contributed by atoms with Crippen molar-refractivity contribution in [2.75, 3.05) is 6.54 Å². The van der Waals surface area contributed by atoms with Crippen molar-refractivity contribution < 1.29 is 4.42 Å². The lowest BCUT2D eigenvalue weighted by atomic mass is 9.91. The van der Waals surface area contributed by atoms with Gasteiger partial charge in [0.2, 0.25) is 0 Å². The van der Waals surface area contributed by atoms with Gasteiger partial charge in [0, 0.05) is 28.9 Å². The highest BCUT2D eigenvalue weighted by Gasteiger charge is 2.25. The molecule has 19 heavy (non-hydrogen) atoms. The van der Waals surface area contributed by atoms with Gasteiger partial charge < -0.3 is 9.73 Å². The van der Waals surface area contributed by atoms with Crippen LogP contribution in [0.15, 0.2) is 23.0 Å². The third-order valence-corrected chi connectivity index (χ3v) is 4.79. The standard InChI is InChI=1S/C15H20N2OS/c1-10(2)16-8-11-4-3-5-13-14(11)17-15(19-13)12-6-7-18-9-12/h6-7,9-11,16H,3-5,8H2,1-2H3. The van der Waals surface area contributed by atoms with E-state index in [2.05, 4.69) is 19.2 Å². The van der Waals surface area contributed by atoms with Crippen LogP contribution in [0.4, 0.5) is 0 Å². The molecule has 3 nitrogen and oxygen atoms in total. The van der Waals surface area contributed by atoms with Crippen LogP contribution in [0.5, 0.6) is 0 Å². The van der Waals surface area contributed by atoms with Crippen molar-refractivity contribution in [2.24, 2.45) is 0 Å². The van der Waals surface area contributed by atoms with Gasteiger partial charge in [-0.15, -0.1) is 11.3 Å². The number of fused-ring (bicyclic) bond motifs is 1. The average molecular weight is 276 g/mol. The molecule has 0 spiro atoms. The number of aromatic nitrogens is 1. The topological polar surface area (TPSA) is 38.1 Å². The molecule has 2 aromatic heterocycles. The number of rotatable bonds is 4. The monoisotopic (exact) mass is 276 g/mol. The van der Waals surface area contributed by atoms with Crippen LogP contribution < -0.4 is 5.32 Å². The summed E-state index contributed by atoms with van der Waals surface area (Å²) >= 11 is 1.83. The molecule has 2 heterocycles. The highest BCUT2D eigenvalue weighted by atomic mass is 32.1. The second kappa shape index (κ2) is 5.47. The van der Waals surface area contributed by atoms with Crippen molar-refractivity contribution in [1.29, 1.82) is 0 Å². The Hall–Kier alpha value is -1.13. The summed E-state index contributed by atoms with van der Waals surface area (Å²) in [5.41, 5.74) is 2.43. The molecule has 1 unspecified atom stereocenters. The lowest BCUT2D eigenvalue weighted by Gasteiger charge is -2.22. The van der Waals surface area contributed by atoms with Gasteiger partial charge in [0.25, 0.3) is 0 Å². The van der Waals surface area contributed by atoms with Crippen molar-refractivity contribution in [3.63, 3.8) is 0 Å². The SMILES string of the molecule is CC(C)NCC1CCCc2sc(-c3ccoc3)nc21. The van der Waals surface area contributed by atoms with E-state index in [0.717, 1.165) is 17.1 Å². The van der Waals surface area contributed by atoms with Gasteiger partial charge in [0.15, 0.2) is 0 Å². The zero-order valence-electron chi connectivity index (χ0n) is 11.5. The number of nitrogens with one attached hydrogen (secondary N) is 1. The predicted octanol–water partition coefficient (Wildman–Crippen LogP) is 3.82. The van der Waals surface area contributed by atoms with Crippen molar-refractivity contribution in [1.82, 2.24) is 10.3 Å². The third kappa shape index (κ3) is 2.74. The van der Waals surface area contributed by atoms with Crippen LogP contribution in [0.25, 0.3) is 10.6 Å². The number of thiazole rings is 1. The molecule has 4 heteroatoms. The van der Waals surface area contributed by atoms with Crippen LogP contribution in [-0.2, 0) is 6.42 Å². The fourth-order valence-electron chi connectivity index (χ4n) is 2.59. The number of hydrogen-bond acceptors (Lipinski definition) is 4. The van der Waals surface area contributed by atoms with Gasteiger partial charge in [-0.2, -0.15) is 0 Å². The summed E-state index contributed by atoms with van der Waals surface area (Å²) in [6.07, 6.45) is 7.22. The summed E-state index contributed by atoms with van der Waals surface area (Å²) in [6.45, 7) is 5.43.